The number of benzene rings is 8. The Morgan fingerprint density at radius 1 is 0.421 bits per heavy atom. The highest BCUT2D eigenvalue weighted by atomic mass is 28.3. The third-order valence-corrected chi connectivity index (χ3v) is 15.4. The number of rotatable bonds is 10. The zero-order valence-electron chi connectivity index (χ0n) is 33.8. The van der Waals surface area contributed by atoms with E-state index in [4.69, 9.17) is 0 Å². The Labute approximate surface area is 336 Å². The highest BCUT2D eigenvalue weighted by molar-refractivity contribution is 6.89. The number of aryl methyl sites for hydroxylation is 1. The number of anilines is 6. The number of alkyl halides is 3. The molecular formula is C50H49F3N2Si2. The normalized spacial score (nSPS) is 12.5. The maximum absolute atomic E-state index is 13.4. The fraction of sp³-hybridized carbons (Fsp3) is 0.200. The summed E-state index contributed by atoms with van der Waals surface area (Å²) >= 11 is 0. The van der Waals surface area contributed by atoms with Gasteiger partial charge in [0.15, 0.2) is 0 Å². The van der Waals surface area contributed by atoms with Crippen LogP contribution in [-0.2, 0) is 12.8 Å². The van der Waals surface area contributed by atoms with E-state index in [-0.39, 0.29) is 5.56 Å². The zero-order valence-corrected chi connectivity index (χ0v) is 35.8. The van der Waals surface area contributed by atoms with E-state index in [1.165, 1.54) is 21.3 Å². The summed E-state index contributed by atoms with van der Waals surface area (Å²) in [6.45, 7) is 16.3. The smallest absolute Gasteiger partial charge is 0.310 e. The quantitative estimate of drug-likeness (QED) is 0.101. The second kappa shape index (κ2) is 14.5. The van der Waals surface area contributed by atoms with Gasteiger partial charge in [-0.05, 0) is 99.8 Å². The molecule has 0 aliphatic rings. The Bertz CT molecular complexity index is 2670. The summed E-state index contributed by atoms with van der Waals surface area (Å²) < 4.78 is 40.2. The molecule has 0 spiro atoms. The minimum Gasteiger partial charge on any atom is -0.310 e. The van der Waals surface area contributed by atoms with Gasteiger partial charge in [-0.3, -0.25) is 0 Å². The standard InChI is InChI=1S/C50H49F3N2Si2/c1-8-34-9-17-38(18-10-34)54(40-21-25-42(26-22-40)56(2,3)4)46-31-15-36-14-30-45-47(32-16-37-13-29-44(46)48(36)49(37)45)55(41-23-27-43(28-24-41)57(5,6)7)39-19-11-35(12-20-39)33-50(51,52)53/h9-32H,8,33H2,1-7H3. The lowest BCUT2D eigenvalue weighted by molar-refractivity contribution is -0.127. The molecule has 8 aromatic carbocycles. The first-order valence-electron chi connectivity index (χ1n) is 19.9. The van der Waals surface area contributed by atoms with Gasteiger partial charge in [0.2, 0.25) is 0 Å². The summed E-state index contributed by atoms with van der Waals surface area (Å²) in [6, 6.07) is 51.3. The van der Waals surface area contributed by atoms with Gasteiger partial charge in [0.05, 0.1) is 33.9 Å². The lowest BCUT2D eigenvalue weighted by Crippen LogP contribution is -2.37. The fourth-order valence-electron chi connectivity index (χ4n) is 8.11. The van der Waals surface area contributed by atoms with Crippen LogP contribution >= 0.6 is 0 Å². The molecule has 0 fully saturated rings. The first-order valence-corrected chi connectivity index (χ1v) is 26.9. The van der Waals surface area contributed by atoms with E-state index in [1.54, 1.807) is 12.1 Å². The molecule has 0 amide bonds. The van der Waals surface area contributed by atoms with Crippen molar-refractivity contribution in [3.8, 4) is 0 Å². The molecule has 0 aliphatic heterocycles. The molecule has 7 heteroatoms. The Hall–Kier alpha value is -5.38. The fourth-order valence-corrected chi connectivity index (χ4v) is 10.4. The molecule has 0 unspecified atom stereocenters. The summed E-state index contributed by atoms with van der Waals surface area (Å²) in [5.74, 6) is 0. The second-order valence-electron chi connectivity index (χ2n) is 17.3. The van der Waals surface area contributed by atoms with Crippen LogP contribution in [0, 0.1) is 0 Å². The minimum absolute atomic E-state index is 0.243. The van der Waals surface area contributed by atoms with Crippen LogP contribution in [0.2, 0.25) is 39.3 Å². The van der Waals surface area contributed by atoms with Crippen LogP contribution in [0.15, 0.2) is 146 Å². The molecule has 0 bridgehead atoms. The van der Waals surface area contributed by atoms with E-state index in [9.17, 15) is 13.2 Å². The summed E-state index contributed by atoms with van der Waals surface area (Å²) in [6.07, 6.45) is -4.25. The van der Waals surface area contributed by atoms with E-state index >= 15 is 0 Å². The first-order chi connectivity index (χ1) is 27.1. The zero-order chi connectivity index (χ0) is 40.3. The summed E-state index contributed by atoms with van der Waals surface area (Å²) in [7, 11) is -3.08. The topological polar surface area (TPSA) is 6.48 Å². The van der Waals surface area contributed by atoms with Crippen LogP contribution in [0.5, 0.6) is 0 Å². The van der Waals surface area contributed by atoms with Crippen LogP contribution in [0.25, 0.3) is 32.3 Å². The molecular weight excluding hydrogens is 742 g/mol. The average molecular weight is 791 g/mol. The Morgan fingerprint density at radius 2 is 0.754 bits per heavy atom. The average Bonchev–Trinajstić information content (AvgIpc) is 3.18. The lowest BCUT2D eigenvalue weighted by Gasteiger charge is -2.30. The van der Waals surface area contributed by atoms with E-state index in [1.807, 2.05) is 12.1 Å². The van der Waals surface area contributed by atoms with E-state index in [2.05, 4.69) is 177 Å². The van der Waals surface area contributed by atoms with Gasteiger partial charge in [0.1, 0.15) is 0 Å². The number of halogens is 3. The lowest BCUT2D eigenvalue weighted by atomic mass is 9.91. The van der Waals surface area contributed by atoms with Crippen molar-refractivity contribution < 1.29 is 13.2 Å². The predicted molar refractivity (Wildman–Crippen MR) is 245 cm³/mol. The monoisotopic (exact) mass is 790 g/mol. The van der Waals surface area contributed by atoms with Gasteiger partial charge in [0, 0.05) is 33.5 Å². The number of hydrogen-bond acceptors (Lipinski definition) is 2. The van der Waals surface area contributed by atoms with Gasteiger partial charge in [-0.25, -0.2) is 0 Å². The van der Waals surface area contributed by atoms with Crippen molar-refractivity contribution in [1.29, 1.82) is 0 Å². The molecule has 8 rings (SSSR count). The van der Waals surface area contributed by atoms with Crippen LogP contribution < -0.4 is 20.2 Å². The van der Waals surface area contributed by atoms with Crippen molar-refractivity contribution in [2.24, 2.45) is 0 Å². The third-order valence-electron chi connectivity index (χ3n) is 11.3. The van der Waals surface area contributed by atoms with Gasteiger partial charge in [0.25, 0.3) is 0 Å². The van der Waals surface area contributed by atoms with Crippen molar-refractivity contribution in [3.63, 3.8) is 0 Å². The van der Waals surface area contributed by atoms with Crippen molar-refractivity contribution in [2.75, 3.05) is 9.80 Å². The molecule has 0 saturated heterocycles. The highest BCUT2D eigenvalue weighted by Crippen LogP contribution is 2.47. The molecule has 0 atom stereocenters. The van der Waals surface area contributed by atoms with Gasteiger partial charge >= 0.3 is 6.18 Å². The van der Waals surface area contributed by atoms with Crippen LogP contribution in [0.3, 0.4) is 0 Å². The van der Waals surface area contributed by atoms with Crippen molar-refractivity contribution in [1.82, 2.24) is 0 Å². The maximum atomic E-state index is 13.4. The summed E-state index contributed by atoms with van der Waals surface area (Å²) in [4.78, 5) is 4.58. The Balaban J connectivity index is 1.34. The molecule has 0 saturated carbocycles. The van der Waals surface area contributed by atoms with E-state index in [0.717, 1.165) is 67.5 Å². The van der Waals surface area contributed by atoms with E-state index < -0.39 is 28.7 Å². The van der Waals surface area contributed by atoms with Crippen molar-refractivity contribution in [2.45, 2.75) is 65.2 Å². The molecule has 57 heavy (non-hydrogen) atoms. The largest absolute Gasteiger partial charge is 0.393 e. The predicted octanol–water partition coefficient (Wildman–Crippen LogP) is 14.3. The van der Waals surface area contributed by atoms with Gasteiger partial charge < -0.3 is 9.80 Å². The van der Waals surface area contributed by atoms with Gasteiger partial charge in [-0.15, -0.1) is 0 Å². The summed E-state index contributed by atoms with van der Waals surface area (Å²) in [5.41, 5.74) is 7.59. The van der Waals surface area contributed by atoms with Crippen LogP contribution in [0.4, 0.5) is 47.3 Å². The first kappa shape index (κ1) is 38.5. The molecule has 0 radical (unpaired) electrons. The molecule has 0 aromatic heterocycles. The number of hydrogen-bond donors (Lipinski definition) is 0. The SMILES string of the molecule is CCc1ccc(N(c2ccc([Si](C)(C)C)cc2)c2ccc3ccc4c(N(c5ccc(CC(F)(F)F)cc5)c5ccc([Si](C)(C)C)cc5)ccc5ccc2c3c54)cc1. The summed E-state index contributed by atoms with van der Waals surface area (Å²) in [5, 5.41) is 9.64. The highest BCUT2D eigenvalue weighted by Gasteiger charge is 2.28. The molecule has 2 nitrogen and oxygen atoms in total. The third kappa shape index (κ3) is 7.58. The van der Waals surface area contributed by atoms with Gasteiger partial charge in [-0.1, -0.05) is 142 Å². The minimum atomic E-state index is -4.27. The maximum Gasteiger partial charge on any atom is 0.393 e. The molecule has 288 valence electrons. The molecule has 0 aliphatic carbocycles. The van der Waals surface area contributed by atoms with Crippen molar-refractivity contribution in [3.05, 3.63) is 157 Å². The number of nitrogens with zero attached hydrogens (tertiary/aromatic N) is 2. The molecule has 8 aromatic rings. The Morgan fingerprint density at radius 3 is 1.09 bits per heavy atom. The second-order valence-corrected chi connectivity index (χ2v) is 27.5. The molecule has 0 heterocycles. The van der Waals surface area contributed by atoms with E-state index in [0.29, 0.717) is 0 Å². The van der Waals surface area contributed by atoms with Crippen LogP contribution in [0.1, 0.15) is 18.1 Å². The Kier molecular flexibility index (Phi) is 9.81. The van der Waals surface area contributed by atoms with Crippen molar-refractivity contribution >= 4 is 93.0 Å². The van der Waals surface area contributed by atoms with Gasteiger partial charge in [-0.2, -0.15) is 13.2 Å². The van der Waals surface area contributed by atoms with Crippen LogP contribution in [-0.4, -0.2) is 22.3 Å². The molecule has 0 N–H and O–H groups in total.